The minimum Gasteiger partial charge on any atom is -0.310 e. The maximum atomic E-state index is 11.4. The van der Waals surface area contributed by atoms with Crippen molar-refractivity contribution in [3.63, 3.8) is 0 Å². The quantitative estimate of drug-likeness (QED) is 0.815. The number of nitrogens with zero attached hydrogens (tertiary/aromatic N) is 2. The number of aromatic amines is 1. The van der Waals surface area contributed by atoms with Crippen LogP contribution in [0.5, 0.6) is 0 Å². The molecule has 0 radical (unpaired) electrons. The lowest BCUT2D eigenvalue weighted by atomic mass is 10.3. The van der Waals surface area contributed by atoms with Crippen molar-refractivity contribution in [2.75, 3.05) is 5.32 Å². The highest BCUT2D eigenvalue weighted by Gasteiger charge is 2.12. The first-order valence-electron chi connectivity index (χ1n) is 4.42. The predicted molar refractivity (Wildman–Crippen MR) is 60.9 cm³/mol. The Morgan fingerprint density at radius 3 is 3.20 bits per heavy atom. The second-order valence-electron chi connectivity index (χ2n) is 3.08. The van der Waals surface area contributed by atoms with Gasteiger partial charge in [-0.1, -0.05) is 15.9 Å². The van der Waals surface area contributed by atoms with Gasteiger partial charge in [0.15, 0.2) is 5.65 Å². The first-order chi connectivity index (χ1) is 7.18. The summed E-state index contributed by atoms with van der Waals surface area (Å²) in [4.78, 5) is 15.2. The molecule has 15 heavy (non-hydrogen) atoms. The maximum Gasteiger partial charge on any atom is 0.239 e. The van der Waals surface area contributed by atoms with E-state index in [2.05, 4.69) is 36.4 Å². The molecule has 0 bridgehead atoms. The van der Waals surface area contributed by atoms with Gasteiger partial charge < -0.3 is 5.32 Å². The molecule has 0 aliphatic carbocycles. The fourth-order valence-electron chi connectivity index (χ4n) is 1.17. The lowest BCUT2D eigenvalue weighted by Gasteiger charge is -2.03. The van der Waals surface area contributed by atoms with Gasteiger partial charge >= 0.3 is 0 Å². The second-order valence-corrected chi connectivity index (χ2v) is 4.45. The molecular formula is C9H9BrN4O. The Balaban J connectivity index is 2.33. The average Bonchev–Trinajstić information content (AvgIpc) is 2.62. The molecule has 6 heteroatoms. The van der Waals surface area contributed by atoms with Gasteiger partial charge in [0.05, 0.1) is 10.2 Å². The molecule has 0 saturated carbocycles. The number of halogens is 1. The van der Waals surface area contributed by atoms with Crippen molar-refractivity contribution in [2.45, 2.75) is 11.8 Å². The number of fused-ring (bicyclic) bond motifs is 1. The SMILES string of the molecule is CC(Br)C(=O)Nc1[nH]nc2ncccc12. The normalized spacial score (nSPS) is 12.7. The number of rotatable bonds is 2. The molecule has 1 atom stereocenters. The smallest absolute Gasteiger partial charge is 0.239 e. The monoisotopic (exact) mass is 268 g/mol. The highest BCUT2D eigenvalue weighted by molar-refractivity contribution is 9.10. The first-order valence-corrected chi connectivity index (χ1v) is 5.34. The average molecular weight is 269 g/mol. The van der Waals surface area contributed by atoms with Crippen LogP contribution in [0.15, 0.2) is 18.3 Å². The van der Waals surface area contributed by atoms with Crippen LogP contribution in [0.3, 0.4) is 0 Å². The Kier molecular flexibility index (Phi) is 2.68. The molecule has 1 amide bonds. The first kappa shape index (κ1) is 10.1. The van der Waals surface area contributed by atoms with Crippen molar-refractivity contribution >= 4 is 38.7 Å². The van der Waals surface area contributed by atoms with Crippen LogP contribution in [0.1, 0.15) is 6.92 Å². The molecule has 2 N–H and O–H groups in total. The molecule has 5 nitrogen and oxygen atoms in total. The molecule has 2 rings (SSSR count). The maximum absolute atomic E-state index is 11.4. The van der Waals surface area contributed by atoms with E-state index in [0.29, 0.717) is 11.5 Å². The Morgan fingerprint density at radius 1 is 1.67 bits per heavy atom. The van der Waals surface area contributed by atoms with E-state index in [-0.39, 0.29) is 10.7 Å². The van der Waals surface area contributed by atoms with E-state index in [1.807, 2.05) is 6.07 Å². The number of carbonyl (C=O) groups is 1. The summed E-state index contributed by atoms with van der Waals surface area (Å²) in [6, 6.07) is 3.64. The third-order valence-electron chi connectivity index (χ3n) is 1.94. The molecule has 1 unspecified atom stereocenters. The number of amides is 1. The van der Waals surface area contributed by atoms with Crippen LogP contribution in [0.2, 0.25) is 0 Å². The summed E-state index contributed by atoms with van der Waals surface area (Å²) in [5.74, 6) is 0.457. The molecule has 2 aromatic rings. The summed E-state index contributed by atoms with van der Waals surface area (Å²) in [5, 5.41) is 10.2. The topological polar surface area (TPSA) is 70.7 Å². The number of pyridine rings is 1. The zero-order chi connectivity index (χ0) is 10.8. The second kappa shape index (κ2) is 3.98. The zero-order valence-corrected chi connectivity index (χ0v) is 9.58. The van der Waals surface area contributed by atoms with E-state index in [9.17, 15) is 4.79 Å². The summed E-state index contributed by atoms with van der Waals surface area (Å²) >= 11 is 3.19. The van der Waals surface area contributed by atoms with Crippen LogP contribution in [0, 0.1) is 0 Å². The third-order valence-corrected chi connectivity index (χ3v) is 2.35. The minimum atomic E-state index is -0.243. The van der Waals surface area contributed by atoms with E-state index >= 15 is 0 Å². The number of nitrogens with one attached hydrogen (secondary N) is 2. The fraction of sp³-hybridized carbons (Fsp3) is 0.222. The van der Waals surface area contributed by atoms with Crippen LogP contribution in [-0.4, -0.2) is 25.9 Å². The molecule has 0 spiro atoms. The van der Waals surface area contributed by atoms with Gasteiger partial charge in [0.2, 0.25) is 5.91 Å². The van der Waals surface area contributed by atoms with Crippen LogP contribution in [0.4, 0.5) is 5.82 Å². The van der Waals surface area contributed by atoms with Gasteiger partial charge in [-0.3, -0.25) is 9.89 Å². The van der Waals surface area contributed by atoms with Gasteiger partial charge in [-0.2, -0.15) is 5.10 Å². The Hall–Kier alpha value is -1.43. The molecule has 0 saturated heterocycles. The summed E-state index contributed by atoms with van der Waals surface area (Å²) in [6.45, 7) is 1.76. The van der Waals surface area contributed by atoms with Crippen LogP contribution in [0.25, 0.3) is 11.0 Å². The predicted octanol–water partition coefficient (Wildman–Crippen LogP) is 1.68. The molecule has 2 heterocycles. The highest BCUT2D eigenvalue weighted by Crippen LogP contribution is 2.18. The highest BCUT2D eigenvalue weighted by atomic mass is 79.9. The number of hydrogen-bond acceptors (Lipinski definition) is 3. The lowest BCUT2D eigenvalue weighted by Crippen LogP contribution is -2.20. The van der Waals surface area contributed by atoms with Gasteiger partial charge in [-0.15, -0.1) is 0 Å². The van der Waals surface area contributed by atoms with Crippen LogP contribution < -0.4 is 5.32 Å². The molecule has 0 aromatic carbocycles. The van der Waals surface area contributed by atoms with E-state index in [1.54, 1.807) is 19.2 Å². The number of hydrogen-bond donors (Lipinski definition) is 2. The van der Waals surface area contributed by atoms with Gasteiger partial charge in [-0.25, -0.2) is 4.98 Å². The zero-order valence-electron chi connectivity index (χ0n) is 7.99. The van der Waals surface area contributed by atoms with Crippen molar-refractivity contribution in [2.24, 2.45) is 0 Å². The van der Waals surface area contributed by atoms with Gasteiger partial charge in [0, 0.05) is 6.20 Å². The minimum absolute atomic E-state index is 0.121. The van der Waals surface area contributed by atoms with Crippen LogP contribution >= 0.6 is 15.9 Å². The van der Waals surface area contributed by atoms with Crippen LogP contribution in [-0.2, 0) is 4.79 Å². The number of anilines is 1. The van der Waals surface area contributed by atoms with E-state index < -0.39 is 0 Å². The summed E-state index contributed by atoms with van der Waals surface area (Å²) in [7, 11) is 0. The molecule has 0 aliphatic heterocycles. The van der Waals surface area contributed by atoms with Crippen molar-refractivity contribution in [3.05, 3.63) is 18.3 Å². The summed E-state index contributed by atoms with van der Waals surface area (Å²) in [6.07, 6.45) is 1.65. The number of H-pyrrole nitrogens is 1. The van der Waals surface area contributed by atoms with Gasteiger partial charge in [-0.05, 0) is 19.1 Å². The largest absolute Gasteiger partial charge is 0.310 e. The third kappa shape index (κ3) is 1.99. The van der Waals surface area contributed by atoms with Crippen molar-refractivity contribution in [1.82, 2.24) is 15.2 Å². The molecular weight excluding hydrogens is 260 g/mol. The Labute approximate surface area is 94.4 Å². The van der Waals surface area contributed by atoms with E-state index in [1.165, 1.54) is 0 Å². The van der Waals surface area contributed by atoms with E-state index in [4.69, 9.17) is 0 Å². The lowest BCUT2D eigenvalue weighted by molar-refractivity contribution is -0.115. The molecule has 78 valence electrons. The van der Waals surface area contributed by atoms with E-state index in [0.717, 1.165) is 5.39 Å². The summed E-state index contributed by atoms with van der Waals surface area (Å²) in [5.41, 5.74) is 0.593. The fourth-order valence-corrected chi connectivity index (χ4v) is 1.28. The van der Waals surface area contributed by atoms with Crippen molar-refractivity contribution < 1.29 is 4.79 Å². The van der Waals surface area contributed by atoms with Crippen molar-refractivity contribution in [1.29, 1.82) is 0 Å². The Morgan fingerprint density at radius 2 is 2.47 bits per heavy atom. The van der Waals surface area contributed by atoms with Gasteiger partial charge in [0.1, 0.15) is 5.82 Å². The Bertz CT molecular complexity index is 494. The number of alkyl halides is 1. The van der Waals surface area contributed by atoms with Crippen molar-refractivity contribution in [3.8, 4) is 0 Å². The molecule has 0 fully saturated rings. The van der Waals surface area contributed by atoms with Gasteiger partial charge in [0.25, 0.3) is 0 Å². The molecule has 2 aromatic heterocycles. The summed E-state index contributed by atoms with van der Waals surface area (Å²) < 4.78 is 0. The number of carbonyl (C=O) groups excluding carboxylic acids is 1. The number of aromatic nitrogens is 3. The molecule has 0 aliphatic rings. The standard InChI is InChI=1S/C9H9BrN4O/c1-5(10)9(15)12-8-6-3-2-4-11-7(6)13-14-8/h2-5H,1H3,(H2,11,12,13,14,15).